The van der Waals surface area contributed by atoms with Crippen LogP contribution in [-0.2, 0) is 18.3 Å². The van der Waals surface area contributed by atoms with Crippen molar-refractivity contribution in [3.63, 3.8) is 0 Å². The van der Waals surface area contributed by atoms with Crippen LogP contribution in [0.4, 0.5) is 0 Å². The Labute approximate surface area is 112 Å². The van der Waals surface area contributed by atoms with Gasteiger partial charge in [-0.05, 0) is 6.42 Å². The van der Waals surface area contributed by atoms with E-state index in [1.165, 1.54) is 5.56 Å². The Morgan fingerprint density at radius 2 is 2.42 bits per heavy atom. The highest BCUT2D eigenvalue weighted by Crippen LogP contribution is 2.32. The van der Waals surface area contributed by atoms with Crippen molar-refractivity contribution < 1.29 is 4.74 Å². The Balaban J connectivity index is 1.77. The monoisotopic (exact) mass is 261 g/mol. The minimum Gasteiger partial charge on any atom is -0.380 e. The maximum atomic E-state index is 5.51. The molecule has 19 heavy (non-hydrogen) atoms. The van der Waals surface area contributed by atoms with Crippen LogP contribution in [0.2, 0.25) is 0 Å². The predicted octanol–water partition coefficient (Wildman–Crippen LogP) is 1.11. The van der Waals surface area contributed by atoms with Crippen LogP contribution in [0.5, 0.6) is 0 Å². The number of rotatable bonds is 4. The minimum atomic E-state index is 0.270. The summed E-state index contributed by atoms with van der Waals surface area (Å²) in [5.74, 6) is 1.02. The van der Waals surface area contributed by atoms with E-state index in [-0.39, 0.29) is 6.10 Å². The van der Waals surface area contributed by atoms with Gasteiger partial charge in [0, 0.05) is 51.4 Å². The first kappa shape index (κ1) is 12.4. The second kappa shape index (κ2) is 5.14. The lowest BCUT2D eigenvalue weighted by Gasteiger charge is -2.21. The summed E-state index contributed by atoms with van der Waals surface area (Å²) in [4.78, 5) is 10.00. The van der Waals surface area contributed by atoms with Gasteiger partial charge in [-0.2, -0.15) is 5.10 Å². The van der Waals surface area contributed by atoms with Crippen LogP contribution < -0.4 is 0 Å². The van der Waals surface area contributed by atoms with Gasteiger partial charge in [0.2, 0.25) is 0 Å². The van der Waals surface area contributed by atoms with Crippen molar-refractivity contribution in [3.05, 3.63) is 36.2 Å². The van der Waals surface area contributed by atoms with Gasteiger partial charge in [-0.15, -0.1) is 0 Å². The molecule has 0 saturated carbocycles. The molecule has 3 rings (SSSR count). The van der Waals surface area contributed by atoms with E-state index in [9.17, 15) is 0 Å². The van der Waals surface area contributed by atoms with Crippen LogP contribution in [0.25, 0.3) is 0 Å². The first-order valence-electron chi connectivity index (χ1n) is 6.50. The average Bonchev–Trinajstić information content (AvgIpc) is 3.10. The van der Waals surface area contributed by atoms with Crippen LogP contribution in [-0.4, -0.2) is 44.4 Å². The minimum absolute atomic E-state index is 0.270. The van der Waals surface area contributed by atoms with Crippen molar-refractivity contribution >= 4 is 0 Å². The van der Waals surface area contributed by atoms with Crippen molar-refractivity contribution in [1.29, 1.82) is 0 Å². The van der Waals surface area contributed by atoms with Gasteiger partial charge in [-0.1, -0.05) is 0 Å². The Morgan fingerprint density at radius 1 is 1.53 bits per heavy atom. The fourth-order valence-corrected chi connectivity index (χ4v) is 2.74. The lowest BCUT2D eigenvalue weighted by Crippen LogP contribution is -2.25. The summed E-state index contributed by atoms with van der Waals surface area (Å²) in [5.41, 5.74) is 1.22. The molecule has 0 radical (unpaired) electrons. The molecule has 102 valence electrons. The average molecular weight is 261 g/mol. The molecule has 1 saturated heterocycles. The topological polar surface area (TPSA) is 59.0 Å². The zero-order chi connectivity index (χ0) is 13.2. The number of aromatic amines is 1. The number of hydrogen-bond donors (Lipinski definition) is 1. The lowest BCUT2D eigenvalue weighted by molar-refractivity contribution is 0.107. The van der Waals surface area contributed by atoms with E-state index in [0.29, 0.717) is 6.04 Å². The number of H-pyrrole nitrogens is 1. The SMILES string of the molecule is CO[C@@H]1CC(c2ncc[nH]2)N(Cc2cnn(C)c2)C1. The number of likely N-dealkylation sites (tertiary alicyclic amines) is 1. The second-order valence-corrected chi connectivity index (χ2v) is 5.04. The van der Waals surface area contributed by atoms with Crippen LogP contribution in [0, 0.1) is 0 Å². The van der Waals surface area contributed by atoms with Gasteiger partial charge in [0.05, 0.1) is 18.3 Å². The van der Waals surface area contributed by atoms with E-state index in [4.69, 9.17) is 4.74 Å². The van der Waals surface area contributed by atoms with Gasteiger partial charge in [0.1, 0.15) is 5.82 Å². The van der Waals surface area contributed by atoms with Crippen molar-refractivity contribution in [2.45, 2.75) is 25.1 Å². The molecule has 0 aliphatic carbocycles. The van der Waals surface area contributed by atoms with Gasteiger partial charge in [0.25, 0.3) is 0 Å². The Morgan fingerprint density at radius 3 is 3.05 bits per heavy atom. The largest absolute Gasteiger partial charge is 0.380 e. The van der Waals surface area contributed by atoms with E-state index in [2.05, 4.69) is 26.2 Å². The molecular weight excluding hydrogens is 242 g/mol. The van der Waals surface area contributed by atoms with Gasteiger partial charge in [-0.3, -0.25) is 9.58 Å². The molecule has 1 aliphatic rings. The molecule has 1 unspecified atom stereocenters. The summed E-state index contributed by atoms with van der Waals surface area (Å²) < 4.78 is 7.34. The van der Waals surface area contributed by atoms with Crippen LogP contribution in [0.3, 0.4) is 0 Å². The standard InChI is InChI=1S/C13H19N5O/c1-17-7-10(6-16-17)8-18-9-11(19-2)5-12(18)13-14-3-4-15-13/h3-4,6-7,11-12H,5,8-9H2,1-2H3,(H,14,15)/t11-,12?/m1/s1. The summed E-state index contributed by atoms with van der Waals surface area (Å²) in [5, 5.41) is 4.22. The van der Waals surface area contributed by atoms with Crippen molar-refractivity contribution in [3.8, 4) is 0 Å². The Bertz CT molecular complexity index is 521. The van der Waals surface area contributed by atoms with E-state index < -0.39 is 0 Å². The van der Waals surface area contributed by atoms with E-state index >= 15 is 0 Å². The summed E-state index contributed by atoms with van der Waals surface area (Å²) in [7, 11) is 3.72. The summed E-state index contributed by atoms with van der Waals surface area (Å²) in [6.07, 6.45) is 8.89. The van der Waals surface area contributed by atoms with E-state index in [0.717, 1.165) is 25.3 Å². The molecular formula is C13H19N5O. The zero-order valence-corrected chi connectivity index (χ0v) is 11.3. The van der Waals surface area contributed by atoms with Gasteiger partial charge in [0.15, 0.2) is 0 Å². The smallest absolute Gasteiger partial charge is 0.123 e. The van der Waals surface area contributed by atoms with Crippen molar-refractivity contribution in [1.82, 2.24) is 24.6 Å². The molecule has 1 aliphatic heterocycles. The first-order valence-corrected chi connectivity index (χ1v) is 6.50. The molecule has 1 fully saturated rings. The van der Waals surface area contributed by atoms with Crippen LogP contribution in [0.15, 0.2) is 24.8 Å². The highest BCUT2D eigenvalue weighted by Gasteiger charge is 2.34. The predicted molar refractivity (Wildman–Crippen MR) is 70.4 cm³/mol. The number of aryl methyl sites for hydroxylation is 1. The molecule has 1 N–H and O–H groups in total. The van der Waals surface area contributed by atoms with Crippen molar-refractivity contribution in [2.75, 3.05) is 13.7 Å². The fourth-order valence-electron chi connectivity index (χ4n) is 2.74. The summed E-state index contributed by atoms with van der Waals surface area (Å²) in [6, 6.07) is 0.292. The first-order chi connectivity index (χ1) is 9.26. The van der Waals surface area contributed by atoms with Crippen LogP contribution in [0.1, 0.15) is 23.9 Å². The molecule has 2 aromatic rings. The molecule has 6 nitrogen and oxygen atoms in total. The number of ether oxygens (including phenoxy) is 1. The third-order valence-electron chi connectivity index (χ3n) is 3.68. The number of aromatic nitrogens is 4. The Hall–Kier alpha value is -1.66. The highest BCUT2D eigenvalue weighted by molar-refractivity contribution is 5.08. The highest BCUT2D eigenvalue weighted by atomic mass is 16.5. The quantitative estimate of drug-likeness (QED) is 0.895. The summed E-state index contributed by atoms with van der Waals surface area (Å²) >= 11 is 0. The normalized spacial score (nSPS) is 24.1. The van der Waals surface area contributed by atoms with Gasteiger partial charge >= 0.3 is 0 Å². The maximum Gasteiger partial charge on any atom is 0.123 e. The maximum absolute atomic E-state index is 5.51. The van der Waals surface area contributed by atoms with Crippen molar-refractivity contribution in [2.24, 2.45) is 7.05 Å². The fraction of sp³-hybridized carbons (Fsp3) is 0.538. The number of nitrogens with zero attached hydrogens (tertiary/aromatic N) is 4. The number of nitrogens with one attached hydrogen (secondary N) is 1. The molecule has 2 aromatic heterocycles. The zero-order valence-electron chi connectivity index (χ0n) is 11.3. The third kappa shape index (κ3) is 2.54. The lowest BCUT2D eigenvalue weighted by atomic mass is 10.2. The van der Waals surface area contributed by atoms with E-state index in [1.54, 1.807) is 13.3 Å². The summed E-state index contributed by atoms with van der Waals surface area (Å²) in [6.45, 7) is 1.80. The van der Waals surface area contributed by atoms with Crippen LogP contribution >= 0.6 is 0 Å². The molecule has 0 amide bonds. The molecule has 0 spiro atoms. The number of hydrogen-bond acceptors (Lipinski definition) is 4. The Kier molecular flexibility index (Phi) is 3.35. The molecule has 0 bridgehead atoms. The molecule has 6 heteroatoms. The van der Waals surface area contributed by atoms with Gasteiger partial charge in [-0.25, -0.2) is 4.98 Å². The van der Waals surface area contributed by atoms with E-state index in [1.807, 2.05) is 24.1 Å². The molecule has 0 aromatic carbocycles. The third-order valence-corrected chi connectivity index (χ3v) is 3.68. The number of imidazole rings is 1. The molecule has 2 atom stereocenters. The number of methoxy groups -OCH3 is 1. The van der Waals surface area contributed by atoms with Gasteiger partial charge < -0.3 is 9.72 Å². The second-order valence-electron chi connectivity index (χ2n) is 5.04. The molecule has 3 heterocycles.